The standard InChI is InChI=1S/C12H24N4O.HI/c1-3-4-7-15-12(13-2)16-9-8-14-11(17)10-5-6-10;/h10H,3-9H2,1-2H3,(H,14,17)(H2,13,15,16);1H. The Morgan fingerprint density at radius 3 is 2.33 bits per heavy atom. The Bertz CT molecular complexity index is 267. The highest BCUT2D eigenvalue weighted by molar-refractivity contribution is 14.0. The maximum Gasteiger partial charge on any atom is 0.223 e. The number of unbranched alkanes of at least 4 members (excludes halogenated alkanes) is 1. The predicted molar refractivity (Wildman–Crippen MR) is 85.4 cm³/mol. The Hall–Kier alpha value is -0.530. The molecule has 18 heavy (non-hydrogen) atoms. The van der Waals surface area contributed by atoms with Crippen molar-refractivity contribution in [1.29, 1.82) is 0 Å². The van der Waals surface area contributed by atoms with Crippen LogP contribution in [0, 0.1) is 5.92 Å². The third kappa shape index (κ3) is 7.73. The number of hydrogen-bond acceptors (Lipinski definition) is 2. The van der Waals surface area contributed by atoms with Gasteiger partial charge in [0, 0.05) is 32.6 Å². The summed E-state index contributed by atoms with van der Waals surface area (Å²) in [6, 6.07) is 0. The zero-order valence-electron chi connectivity index (χ0n) is 11.3. The summed E-state index contributed by atoms with van der Waals surface area (Å²) in [5.41, 5.74) is 0. The van der Waals surface area contributed by atoms with Gasteiger partial charge in [-0.15, -0.1) is 24.0 Å². The Kier molecular flexibility index (Phi) is 10.1. The van der Waals surface area contributed by atoms with Crippen molar-refractivity contribution >= 4 is 35.8 Å². The summed E-state index contributed by atoms with van der Waals surface area (Å²) >= 11 is 0. The minimum Gasteiger partial charge on any atom is -0.356 e. The van der Waals surface area contributed by atoms with E-state index in [2.05, 4.69) is 27.9 Å². The molecular formula is C12H25IN4O. The number of rotatable bonds is 7. The number of nitrogens with one attached hydrogen (secondary N) is 3. The third-order valence-electron chi connectivity index (χ3n) is 2.71. The van der Waals surface area contributed by atoms with Gasteiger partial charge in [0.25, 0.3) is 0 Å². The second-order valence-corrected chi connectivity index (χ2v) is 4.34. The molecular weight excluding hydrogens is 343 g/mol. The molecule has 106 valence electrons. The second-order valence-electron chi connectivity index (χ2n) is 4.34. The SMILES string of the molecule is CCCCNC(=NC)NCCNC(=O)C1CC1.I. The lowest BCUT2D eigenvalue weighted by molar-refractivity contribution is -0.122. The monoisotopic (exact) mass is 368 g/mol. The van der Waals surface area contributed by atoms with Crippen LogP contribution in [-0.2, 0) is 4.79 Å². The van der Waals surface area contributed by atoms with Crippen LogP contribution in [0.15, 0.2) is 4.99 Å². The fourth-order valence-corrected chi connectivity index (χ4v) is 1.46. The lowest BCUT2D eigenvalue weighted by Gasteiger charge is -2.11. The molecule has 0 bridgehead atoms. The van der Waals surface area contributed by atoms with Crippen LogP contribution in [0.25, 0.3) is 0 Å². The summed E-state index contributed by atoms with van der Waals surface area (Å²) in [4.78, 5) is 15.5. The Morgan fingerprint density at radius 2 is 1.78 bits per heavy atom. The molecule has 0 atom stereocenters. The summed E-state index contributed by atoms with van der Waals surface area (Å²) in [6.45, 7) is 4.46. The fourth-order valence-electron chi connectivity index (χ4n) is 1.46. The molecule has 0 aromatic carbocycles. The second kappa shape index (κ2) is 10.4. The Balaban J connectivity index is 0.00000289. The third-order valence-corrected chi connectivity index (χ3v) is 2.71. The summed E-state index contributed by atoms with van der Waals surface area (Å²) < 4.78 is 0. The fraction of sp³-hybridized carbons (Fsp3) is 0.833. The molecule has 1 saturated carbocycles. The van der Waals surface area contributed by atoms with E-state index in [1.54, 1.807) is 7.05 Å². The summed E-state index contributed by atoms with van der Waals surface area (Å²) in [5.74, 6) is 1.29. The summed E-state index contributed by atoms with van der Waals surface area (Å²) in [7, 11) is 1.75. The van der Waals surface area contributed by atoms with E-state index >= 15 is 0 Å². The van der Waals surface area contributed by atoms with Gasteiger partial charge < -0.3 is 16.0 Å². The number of hydrogen-bond donors (Lipinski definition) is 3. The molecule has 0 unspecified atom stereocenters. The van der Waals surface area contributed by atoms with Gasteiger partial charge in [-0.3, -0.25) is 9.79 Å². The molecule has 1 fully saturated rings. The minimum absolute atomic E-state index is 0. The van der Waals surface area contributed by atoms with Gasteiger partial charge in [0.15, 0.2) is 5.96 Å². The summed E-state index contributed by atoms with van der Waals surface area (Å²) in [6.07, 6.45) is 4.42. The molecule has 1 aliphatic rings. The molecule has 0 heterocycles. The van der Waals surface area contributed by atoms with Gasteiger partial charge in [-0.2, -0.15) is 0 Å². The van der Waals surface area contributed by atoms with Gasteiger partial charge in [-0.05, 0) is 19.3 Å². The first-order chi connectivity index (χ1) is 8.27. The van der Waals surface area contributed by atoms with Crippen LogP contribution in [0.5, 0.6) is 0 Å². The van der Waals surface area contributed by atoms with Crippen molar-refractivity contribution in [2.75, 3.05) is 26.7 Å². The van der Waals surface area contributed by atoms with Crippen LogP contribution in [0.4, 0.5) is 0 Å². The van der Waals surface area contributed by atoms with Crippen LogP contribution in [-0.4, -0.2) is 38.5 Å². The van der Waals surface area contributed by atoms with Crippen LogP contribution in [0.2, 0.25) is 0 Å². The molecule has 1 aliphatic carbocycles. The molecule has 0 spiro atoms. The van der Waals surface area contributed by atoms with E-state index in [9.17, 15) is 4.79 Å². The first kappa shape index (κ1) is 17.5. The van der Waals surface area contributed by atoms with Crippen LogP contribution in [0.1, 0.15) is 32.6 Å². The van der Waals surface area contributed by atoms with E-state index in [0.717, 1.165) is 31.8 Å². The van der Waals surface area contributed by atoms with E-state index in [0.29, 0.717) is 13.1 Å². The number of nitrogens with zero attached hydrogens (tertiary/aromatic N) is 1. The predicted octanol–water partition coefficient (Wildman–Crippen LogP) is 1.10. The quantitative estimate of drug-likeness (QED) is 0.273. The maximum absolute atomic E-state index is 11.3. The zero-order chi connectivity index (χ0) is 12.5. The number of aliphatic imine (C=N–C) groups is 1. The van der Waals surface area contributed by atoms with Crippen molar-refractivity contribution in [3.63, 3.8) is 0 Å². The van der Waals surface area contributed by atoms with Gasteiger partial charge >= 0.3 is 0 Å². The number of carbonyl (C=O) groups excluding carboxylic acids is 1. The van der Waals surface area contributed by atoms with Crippen LogP contribution >= 0.6 is 24.0 Å². The molecule has 1 amide bonds. The van der Waals surface area contributed by atoms with E-state index in [1.165, 1.54) is 6.42 Å². The maximum atomic E-state index is 11.3. The van der Waals surface area contributed by atoms with Gasteiger partial charge in [0.05, 0.1) is 0 Å². The van der Waals surface area contributed by atoms with Gasteiger partial charge in [0.1, 0.15) is 0 Å². The van der Waals surface area contributed by atoms with Gasteiger partial charge in [-0.1, -0.05) is 13.3 Å². The van der Waals surface area contributed by atoms with Crippen molar-refractivity contribution in [2.45, 2.75) is 32.6 Å². The minimum atomic E-state index is 0. The Labute approximate surface area is 127 Å². The summed E-state index contributed by atoms with van der Waals surface area (Å²) in [5, 5.41) is 9.29. The molecule has 0 aromatic rings. The molecule has 0 aromatic heterocycles. The zero-order valence-corrected chi connectivity index (χ0v) is 13.6. The number of carbonyl (C=O) groups is 1. The molecule has 0 saturated heterocycles. The highest BCUT2D eigenvalue weighted by Gasteiger charge is 2.28. The largest absolute Gasteiger partial charge is 0.356 e. The van der Waals surface area contributed by atoms with Crippen LogP contribution < -0.4 is 16.0 Å². The average Bonchev–Trinajstić information content (AvgIpc) is 3.16. The van der Waals surface area contributed by atoms with Crippen molar-refractivity contribution < 1.29 is 4.79 Å². The number of guanidine groups is 1. The Morgan fingerprint density at radius 1 is 1.17 bits per heavy atom. The highest BCUT2D eigenvalue weighted by atomic mass is 127. The van der Waals surface area contributed by atoms with E-state index in [-0.39, 0.29) is 35.8 Å². The van der Waals surface area contributed by atoms with Gasteiger partial charge in [-0.25, -0.2) is 0 Å². The molecule has 0 radical (unpaired) electrons. The smallest absolute Gasteiger partial charge is 0.223 e. The van der Waals surface area contributed by atoms with Crippen LogP contribution in [0.3, 0.4) is 0 Å². The lowest BCUT2D eigenvalue weighted by Crippen LogP contribution is -2.42. The molecule has 0 aliphatic heterocycles. The molecule has 6 heteroatoms. The normalized spacial score (nSPS) is 14.7. The molecule has 5 nitrogen and oxygen atoms in total. The lowest BCUT2D eigenvalue weighted by atomic mass is 10.3. The van der Waals surface area contributed by atoms with E-state index in [4.69, 9.17) is 0 Å². The van der Waals surface area contributed by atoms with Crippen molar-refractivity contribution in [1.82, 2.24) is 16.0 Å². The van der Waals surface area contributed by atoms with Crippen molar-refractivity contribution in [2.24, 2.45) is 10.9 Å². The highest BCUT2D eigenvalue weighted by Crippen LogP contribution is 2.28. The topological polar surface area (TPSA) is 65.5 Å². The molecule has 3 N–H and O–H groups in total. The molecule has 1 rings (SSSR count). The van der Waals surface area contributed by atoms with Crippen molar-refractivity contribution in [3.05, 3.63) is 0 Å². The van der Waals surface area contributed by atoms with Crippen molar-refractivity contribution in [3.8, 4) is 0 Å². The van der Waals surface area contributed by atoms with E-state index < -0.39 is 0 Å². The average molecular weight is 368 g/mol. The first-order valence-corrected chi connectivity index (χ1v) is 6.50. The first-order valence-electron chi connectivity index (χ1n) is 6.50. The van der Waals surface area contributed by atoms with Gasteiger partial charge in [0.2, 0.25) is 5.91 Å². The number of halogens is 1. The van der Waals surface area contributed by atoms with E-state index in [1.807, 2.05) is 0 Å². The number of amides is 1.